The molecule has 7 heteroatoms. The zero-order valence-electron chi connectivity index (χ0n) is 15.4. The quantitative estimate of drug-likeness (QED) is 0.367. The first-order valence-electron chi connectivity index (χ1n) is 8.33. The van der Waals surface area contributed by atoms with Gasteiger partial charge in [-0.15, -0.1) is 0 Å². The molecule has 7 nitrogen and oxygen atoms in total. The lowest BCUT2D eigenvalue weighted by molar-refractivity contribution is -0.136. The van der Waals surface area contributed by atoms with Crippen molar-refractivity contribution < 1.29 is 19.1 Å². The molecule has 2 amide bonds. The van der Waals surface area contributed by atoms with Crippen molar-refractivity contribution in [3.63, 3.8) is 0 Å². The molecule has 0 saturated heterocycles. The number of amides is 2. The molecule has 0 saturated carbocycles. The molecular weight excluding hydrogens is 346 g/mol. The van der Waals surface area contributed by atoms with Gasteiger partial charge in [0, 0.05) is 5.69 Å². The Kier molecular flexibility index (Phi) is 6.82. The Bertz CT molecular complexity index is 841. The standard InChI is InChI=1S/C20H21N3O4/c1-13(2)15-8-10-17(11-9-15)22-18(24)19(25)23-21-12-14-4-6-16(7-5-14)20(26)27-3/h4-13H,1-3H3,(H,22,24)(H,23,25)/b21-12-. The Hall–Kier alpha value is -3.48. The van der Waals surface area contributed by atoms with Crippen LogP contribution in [0.1, 0.15) is 41.3 Å². The largest absolute Gasteiger partial charge is 0.465 e. The maximum atomic E-state index is 11.9. The molecule has 2 aromatic rings. The predicted molar refractivity (Wildman–Crippen MR) is 103 cm³/mol. The summed E-state index contributed by atoms with van der Waals surface area (Å²) in [4.78, 5) is 35.0. The molecular formula is C20H21N3O4. The number of rotatable bonds is 5. The summed E-state index contributed by atoms with van der Waals surface area (Å²) in [6.45, 7) is 4.14. The van der Waals surface area contributed by atoms with Crippen molar-refractivity contribution in [2.24, 2.45) is 5.10 Å². The van der Waals surface area contributed by atoms with Gasteiger partial charge in [-0.25, -0.2) is 10.2 Å². The zero-order valence-corrected chi connectivity index (χ0v) is 15.4. The van der Waals surface area contributed by atoms with Crippen LogP contribution in [0.5, 0.6) is 0 Å². The minimum atomic E-state index is -0.884. The van der Waals surface area contributed by atoms with Crippen LogP contribution in [0, 0.1) is 0 Å². The molecule has 0 aliphatic carbocycles. The third-order valence-corrected chi connectivity index (χ3v) is 3.75. The Morgan fingerprint density at radius 2 is 1.59 bits per heavy atom. The van der Waals surface area contributed by atoms with Gasteiger partial charge >= 0.3 is 17.8 Å². The lowest BCUT2D eigenvalue weighted by Crippen LogP contribution is -2.32. The second-order valence-electron chi connectivity index (χ2n) is 6.04. The third kappa shape index (κ3) is 5.78. The molecule has 0 aliphatic heterocycles. The molecule has 0 atom stereocenters. The van der Waals surface area contributed by atoms with E-state index < -0.39 is 17.8 Å². The van der Waals surface area contributed by atoms with Gasteiger partial charge in [0.25, 0.3) is 0 Å². The molecule has 2 N–H and O–H groups in total. The Balaban J connectivity index is 1.87. The number of carbonyl (C=O) groups is 3. The molecule has 2 aromatic carbocycles. The first kappa shape index (κ1) is 19.8. The molecule has 140 valence electrons. The number of hydrazone groups is 1. The number of ether oxygens (including phenoxy) is 1. The van der Waals surface area contributed by atoms with Gasteiger partial charge in [-0.05, 0) is 41.3 Å². The van der Waals surface area contributed by atoms with Crippen molar-refractivity contribution in [3.8, 4) is 0 Å². The van der Waals surface area contributed by atoms with Crippen LogP contribution in [0.4, 0.5) is 5.69 Å². The number of nitrogens with one attached hydrogen (secondary N) is 2. The first-order valence-corrected chi connectivity index (χ1v) is 8.33. The zero-order chi connectivity index (χ0) is 19.8. The van der Waals surface area contributed by atoms with Crippen molar-refractivity contribution in [2.45, 2.75) is 19.8 Å². The van der Waals surface area contributed by atoms with Crippen LogP contribution in [0.25, 0.3) is 0 Å². The smallest absolute Gasteiger partial charge is 0.337 e. The fourth-order valence-electron chi connectivity index (χ4n) is 2.18. The number of benzene rings is 2. The minimum Gasteiger partial charge on any atom is -0.465 e. The summed E-state index contributed by atoms with van der Waals surface area (Å²) in [5.41, 5.74) is 4.88. The van der Waals surface area contributed by atoms with E-state index in [9.17, 15) is 14.4 Å². The Morgan fingerprint density at radius 1 is 0.963 bits per heavy atom. The number of esters is 1. The molecule has 0 fully saturated rings. The average molecular weight is 367 g/mol. The van der Waals surface area contributed by atoms with E-state index in [1.807, 2.05) is 12.1 Å². The summed E-state index contributed by atoms with van der Waals surface area (Å²) in [5, 5.41) is 6.24. The second kappa shape index (κ2) is 9.28. The summed E-state index contributed by atoms with van der Waals surface area (Å²) in [6.07, 6.45) is 1.36. The molecule has 0 heterocycles. The van der Waals surface area contributed by atoms with Crippen LogP contribution in [-0.2, 0) is 14.3 Å². The lowest BCUT2D eigenvalue weighted by Gasteiger charge is -2.07. The molecule has 0 bridgehead atoms. The maximum Gasteiger partial charge on any atom is 0.337 e. The summed E-state index contributed by atoms with van der Waals surface area (Å²) in [7, 11) is 1.30. The molecule has 0 spiro atoms. The van der Waals surface area contributed by atoms with E-state index in [-0.39, 0.29) is 0 Å². The van der Waals surface area contributed by atoms with Gasteiger partial charge in [0.05, 0.1) is 18.9 Å². The highest BCUT2D eigenvalue weighted by atomic mass is 16.5. The second-order valence-corrected chi connectivity index (χ2v) is 6.04. The van der Waals surface area contributed by atoms with Gasteiger partial charge in [-0.1, -0.05) is 38.1 Å². The highest BCUT2D eigenvalue weighted by Gasteiger charge is 2.13. The predicted octanol–water partition coefficient (Wildman–Crippen LogP) is 2.69. The summed E-state index contributed by atoms with van der Waals surface area (Å²) < 4.78 is 4.61. The summed E-state index contributed by atoms with van der Waals surface area (Å²) >= 11 is 0. The van der Waals surface area contributed by atoms with E-state index >= 15 is 0 Å². The van der Waals surface area contributed by atoms with Gasteiger partial charge in [-0.3, -0.25) is 9.59 Å². The van der Waals surface area contributed by atoms with Gasteiger partial charge < -0.3 is 10.1 Å². The number of nitrogens with zero attached hydrogens (tertiary/aromatic N) is 1. The number of anilines is 1. The van der Waals surface area contributed by atoms with Crippen molar-refractivity contribution in [3.05, 3.63) is 65.2 Å². The van der Waals surface area contributed by atoms with Crippen LogP contribution in [0.2, 0.25) is 0 Å². The van der Waals surface area contributed by atoms with Gasteiger partial charge in [0.2, 0.25) is 0 Å². The van der Waals surface area contributed by atoms with Crippen molar-refractivity contribution >= 4 is 29.7 Å². The SMILES string of the molecule is COC(=O)c1ccc(/C=N\NC(=O)C(=O)Nc2ccc(C(C)C)cc2)cc1. The summed E-state index contributed by atoms with van der Waals surface area (Å²) in [6, 6.07) is 13.7. The minimum absolute atomic E-state index is 0.383. The van der Waals surface area contributed by atoms with Crippen molar-refractivity contribution in [1.29, 1.82) is 0 Å². The molecule has 0 aromatic heterocycles. The van der Waals surface area contributed by atoms with E-state index in [0.717, 1.165) is 5.56 Å². The fourth-order valence-corrected chi connectivity index (χ4v) is 2.18. The highest BCUT2D eigenvalue weighted by molar-refractivity contribution is 6.39. The van der Waals surface area contributed by atoms with E-state index in [1.54, 1.807) is 36.4 Å². The molecule has 2 rings (SSSR count). The average Bonchev–Trinajstić information content (AvgIpc) is 2.68. The van der Waals surface area contributed by atoms with E-state index in [4.69, 9.17) is 0 Å². The number of carbonyl (C=O) groups excluding carboxylic acids is 3. The van der Waals surface area contributed by atoms with Gasteiger partial charge in [0.1, 0.15) is 0 Å². The fraction of sp³-hybridized carbons (Fsp3) is 0.200. The number of methoxy groups -OCH3 is 1. The Labute approximate surface area is 157 Å². The number of hydrogen-bond donors (Lipinski definition) is 2. The van der Waals surface area contributed by atoms with E-state index in [2.05, 4.69) is 34.4 Å². The van der Waals surface area contributed by atoms with Gasteiger partial charge in [-0.2, -0.15) is 5.10 Å². The van der Waals surface area contributed by atoms with Crippen LogP contribution < -0.4 is 10.7 Å². The molecule has 27 heavy (non-hydrogen) atoms. The van der Waals surface area contributed by atoms with Crippen molar-refractivity contribution in [1.82, 2.24) is 5.43 Å². The van der Waals surface area contributed by atoms with Gasteiger partial charge in [0.15, 0.2) is 0 Å². The molecule has 0 aliphatic rings. The molecule has 0 radical (unpaired) electrons. The van der Waals surface area contributed by atoms with Crippen molar-refractivity contribution in [2.75, 3.05) is 12.4 Å². The molecule has 0 unspecified atom stereocenters. The Morgan fingerprint density at radius 3 is 2.15 bits per heavy atom. The monoisotopic (exact) mass is 367 g/mol. The van der Waals surface area contributed by atoms with Crippen LogP contribution in [0.3, 0.4) is 0 Å². The highest BCUT2D eigenvalue weighted by Crippen LogP contribution is 2.17. The van der Waals surface area contributed by atoms with E-state index in [1.165, 1.54) is 13.3 Å². The summed E-state index contributed by atoms with van der Waals surface area (Å²) in [5.74, 6) is -1.75. The normalized spacial score (nSPS) is 10.7. The number of hydrogen-bond acceptors (Lipinski definition) is 5. The maximum absolute atomic E-state index is 11.9. The third-order valence-electron chi connectivity index (χ3n) is 3.75. The van der Waals surface area contributed by atoms with Crippen LogP contribution in [0.15, 0.2) is 53.6 Å². The first-order chi connectivity index (χ1) is 12.9. The topological polar surface area (TPSA) is 96.9 Å². The lowest BCUT2D eigenvalue weighted by atomic mass is 10.0. The van der Waals surface area contributed by atoms with Crippen LogP contribution in [-0.4, -0.2) is 31.1 Å². The van der Waals surface area contributed by atoms with Crippen LogP contribution >= 0.6 is 0 Å². The van der Waals surface area contributed by atoms with E-state index in [0.29, 0.717) is 22.7 Å².